The van der Waals surface area contributed by atoms with Crippen molar-refractivity contribution in [2.75, 3.05) is 0 Å². The summed E-state index contributed by atoms with van der Waals surface area (Å²) in [6.45, 7) is 0. The minimum absolute atomic E-state index is 0.718. The van der Waals surface area contributed by atoms with Gasteiger partial charge in [-0.2, -0.15) is 0 Å². The number of nitrogens with zero attached hydrogens (tertiary/aromatic N) is 2. The van der Waals surface area contributed by atoms with E-state index in [1.807, 2.05) is 0 Å². The summed E-state index contributed by atoms with van der Waals surface area (Å²) in [7, 11) is 0. The molecule has 0 saturated heterocycles. The normalized spacial score (nSPS) is 11.9. The van der Waals surface area contributed by atoms with Gasteiger partial charge in [-0.1, -0.05) is 158 Å². The van der Waals surface area contributed by atoms with Crippen LogP contribution in [0.2, 0.25) is 0 Å². The highest BCUT2D eigenvalue weighted by Gasteiger charge is 2.22. The van der Waals surface area contributed by atoms with Crippen molar-refractivity contribution in [2.45, 2.75) is 0 Å². The Balaban J connectivity index is 1.09. The third kappa shape index (κ3) is 5.68. The highest BCUT2D eigenvalue weighted by molar-refractivity contribution is 6.27. The van der Waals surface area contributed by atoms with Crippen LogP contribution >= 0.6 is 0 Å². The third-order valence-corrected chi connectivity index (χ3v) is 13.9. The van der Waals surface area contributed by atoms with Crippen molar-refractivity contribution in [1.29, 1.82) is 0 Å². The van der Waals surface area contributed by atoms with Gasteiger partial charge in [0.1, 0.15) is 0 Å². The summed E-state index contributed by atoms with van der Waals surface area (Å²) in [6.07, 6.45) is 0. The second kappa shape index (κ2) is 14.4. The molecule has 0 radical (unpaired) electrons. The van der Waals surface area contributed by atoms with Crippen LogP contribution in [0.25, 0.3) is 142 Å². The molecule has 2 aromatic heterocycles. The zero-order chi connectivity index (χ0) is 43.3. The van der Waals surface area contributed by atoms with Crippen LogP contribution in [0.15, 0.2) is 231 Å². The predicted octanol–water partition coefficient (Wildman–Crippen LogP) is 17.5. The maximum absolute atomic E-state index is 5.61. The molecule has 0 amide bonds. The van der Waals surface area contributed by atoms with Crippen molar-refractivity contribution in [2.24, 2.45) is 0 Å². The molecule has 14 rings (SSSR count). The van der Waals surface area contributed by atoms with E-state index in [2.05, 4.69) is 231 Å². The Bertz CT molecular complexity index is 3850. The molecule has 0 aliphatic heterocycles. The number of pyridine rings is 2. The van der Waals surface area contributed by atoms with Crippen molar-refractivity contribution in [3.05, 3.63) is 231 Å². The van der Waals surface area contributed by atoms with Gasteiger partial charge in [-0.3, -0.25) is 0 Å². The van der Waals surface area contributed by atoms with Crippen LogP contribution in [0.5, 0.6) is 0 Å². The second-order valence-electron chi connectivity index (χ2n) is 17.7. The van der Waals surface area contributed by atoms with Gasteiger partial charge in [-0.15, -0.1) is 0 Å². The Labute approximate surface area is 380 Å². The minimum atomic E-state index is 0.718. The number of aromatic nitrogens is 2. The van der Waals surface area contributed by atoms with Gasteiger partial charge in [-0.05, 0) is 181 Å². The Kier molecular flexibility index (Phi) is 8.02. The fourth-order valence-corrected chi connectivity index (χ4v) is 10.9. The van der Waals surface area contributed by atoms with Gasteiger partial charge in [0.15, 0.2) is 5.65 Å². The van der Waals surface area contributed by atoms with Crippen LogP contribution in [0, 0.1) is 0 Å². The largest absolute Gasteiger partial charge is 0.228 e. The lowest BCUT2D eigenvalue weighted by atomic mass is 9.84. The van der Waals surface area contributed by atoms with Gasteiger partial charge in [0.2, 0.25) is 0 Å². The quantitative estimate of drug-likeness (QED) is 0.165. The topological polar surface area (TPSA) is 25.8 Å². The molecule has 0 aliphatic carbocycles. The van der Waals surface area contributed by atoms with E-state index < -0.39 is 0 Å². The Hall–Kier alpha value is -8.72. The molecule has 0 aliphatic rings. The van der Waals surface area contributed by atoms with Crippen molar-refractivity contribution >= 4 is 97.2 Å². The van der Waals surface area contributed by atoms with Crippen molar-refractivity contribution in [3.8, 4) is 44.8 Å². The first kappa shape index (κ1) is 36.7. The lowest BCUT2D eigenvalue weighted by Crippen LogP contribution is -1.96. The summed E-state index contributed by atoms with van der Waals surface area (Å²) in [4.78, 5) is 11.2. The molecule has 0 fully saturated rings. The van der Waals surface area contributed by atoms with Gasteiger partial charge in [0.25, 0.3) is 0 Å². The number of hydrogen-bond donors (Lipinski definition) is 0. The molecular weight excluding hydrogens is 797 g/mol. The molecule has 2 heterocycles. The Morgan fingerprint density at radius 1 is 0.197 bits per heavy atom. The van der Waals surface area contributed by atoms with E-state index in [4.69, 9.17) is 9.97 Å². The summed E-state index contributed by atoms with van der Waals surface area (Å²) in [5, 5.41) is 20.2. The van der Waals surface area contributed by atoms with Crippen molar-refractivity contribution in [1.82, 2.24) is 9.97 Å². The fraction of sp³-hybridized carbons (Fsp3) is 0. The van der Waals surface area contributed by atoms with E-state index >= 15 is 0 Å². The van der Waals surface area contributed by atoms with Crippen LogP contribution in [0.3, 0.4) is 0 Å². The molecule has 2 nitrogen and oxygen atoms in total. The smallest absolute Gasteiger partial charge is 0.160 e. The summed E-state index contributed by atoms with van der Waals surface area (Å²) in [6, 6.07) is 84.3. The molecule has 0 atom stereocenters. The van der Waals surface area contributed by atoms with Gasteiger partial charge in [0, 0.05) is 16.5 Å². The number of fused-ring (bicyclic) bond motifs is 9. The average Bonchev–Trinajstić information content (AvgIpc) is 3.37. The van der Waals surface area contributed by atoms with Crippen LogP contribution in [0.1, 0.15) is 0 Å². The lowest BCUT2D eigenvalue weighted by molar-refractivity contribution is 1.30. The first-order valence-electron chi connectivity index (χ1n) is 22.7. The van der Waals surface area contributed by atoms with Crippen LogP contribution in [0.4, 0.5) is 0 Å². The van der Waals surface area contributed by atoms with E-state index in [1.165, 1.54) is 108 Å². The molecule has 0 unspecified atom stereocenters. The van der Waals surface area contributed by atoms with Gasteiger partial charge >= 0.3 is 0 Å². The average molecular weight is 835 g/mol. The second-order valence-corrected chi connectivity index (χ2v) is 17.7. The van der Waals surface area contributed by atoms with Gasteiger partial charge < -0.3 is 0 Å². The molecule has 66 heavy (non-hydrogen) atoms. The molecule has 0 saturated carbocycles. The number of rotatable bonds is 4. The highest BCUT2D eigenvalue weighted by Crippen LogP contribution is 2.48. The maximum Gasteiger partial charge on any atom is 0.160 e. The van der Waals surface area contributed by atoms with Crippen molar-refractivity contribution in [3.63, 3.8) is 0 Å². The van der Waals surface area contributed by atoms with Gasteiger partial charge in [-0.25, -0.2) is 9.97 Å². The molecular formula is C64H38N2. The van der Waals surface area contributed by atoms with Gasteiger partial charge in [0.05, 0.1) is 11.4 Å². The Morgan fingerprint density at radius 2 is 0.439 bits per heavy atom. The molecule has 0 bridgehead atoms. The molecule has 0 N–H and O–H groups in total. The summed E-state index contributed by atoms with van der Waals surface area (Å²) in [5.74, 6) is 0. The SMILES string of the molecule is c1ccc(-c2c3cc4ccccc4cc3c(-c3ccc4ccc(-c5c6cc7ccccc7cc6c(-c6ccccc6)c6cc7ccccc7cc56)nc4n3)c3cc4ccccc4cc23)cc1. The van der Waals surface area contributed by atoms with E-state index in [-0.39, 0.29) is 0 Å². The molecule has 0 spiro atoms. The number of benzene rings is 12. The number of hydrogen-bond acceptors (Lipinski definition) is 2. The van der Waals surface area contributed by atoms with E-state index in [0.29, 0.717) is 0 Å². The van der Waals surface area contributed by atoms with Crippen LogP contribution < -0.4 is 0 Å². The first-order valence-corrected chi connectivity index (χ1v) is 22.7. The highest BCUT2D eigenvalue weighted by atomic mass is 14.9. The van der Waals surface area contributed by atoms with E-state index in [9.17, 15) is 0 Å². The monoisotopic (exact) mass is 834 g/mol. The van der Waals surface area contributed by atoms with E-state index in [1.54, 1.807) is 0 Å². The minimum Gasteiger partial charge on any atom is -0.228 e. The molecule has 14 aromatic rings. The summed E-state index contributed by atoms with van der Waals surface area (Å²) >= 11 is 0. The van der Waals surface area contributed by atoms with Crippen molar-refractivity contribution < 1.29 is 0 Å². The zero-order valence-corrected chi connectivity index (χ0v) is 35.8. The molecule has 304 valence electrons. The van der Waals surface area contributed by atoms with Crippen LogP contribution in [-0.4, -0.2) is 9.97 Å². The third-order valence-electron chi connectivity index (χ3n) is 13.9. The lowest BCUT2D eigenvalue weighted by Gasteiger charge is -2.20. The summed E-state index contributed by atoms with van der Waals surface area (Å²) in [5.41, 5.74) is 9.62. The fourth-order valence-electron chi connectivity index (χ4n) is 10.9. The van der Waals surface area contributed by atoms with E-state index in [0.717, 1.165) is 33.5 Å². The zero-order valence-electron chi connectivity index (χ0n) is 35.8. The first-order chi connectivity index (χ1) is 32.7. The Morgan fingerprint density at radius 3 is 0.712 bits per heavy atom. The summed E-state index contributed by atoms with van der Waals surface area (Å²) < 4.78 is 0. The molecule has 2 heteroatoms. The van der Waals surface area contributed by atoms with Crippen LogP contribution in [-0.2, 0) is 0 Å². The standard InChI is InChI=1S/C64H38N2/c1-3-15-39(16-4-1)60-50-31-42-19-7-11-23-46(42)35-54(50)62(55-36-47-24-12-8-20-43(47)32-51(55)60)58-29-27-41-28-30-59(66-64(41)65-58)63-56-37-48-25-13-9-21-44(48)33-52(56)61(40-17-5-2-6-18-40)53-34-45-22-10-14-26-49(45)38-57(53)63/h1-38H. The molecule has 12 aromatic carbocycles. The maximum atomic E-state index is 5.61. The predicted molar refractivity (Wildman–Crippen MR) is 281 cm³/mol.